The summed E-state index contributed by atoms with van der Waals surface area (Å²) in [6, 6.07) is 7.17. The molecular weight excluding hydrogens is 465 g/mol. The SMILES string of the molecule is Cc1cnc(NC2CCOCC2)nc1-n1cnc(C(=O)NC(CN)c2cccc(Cl)c2)c1.Cl. The lowest BCUT2D eigenvalue weighted by molar-refractivity contribution is 0.0903. The van der Waals surface area contributed by atoms with E-state index in [9.17, 15) is 4.79 Å². The van der Waals surface area contributed by atoms with Crippen molar-refractivity contribution in [2.24, 2.45) is 5.73 Å². The van der Waals surface area contributed by atoms with Crippen molar-refractivity contribution in [2.45, 2.75) is 31.8 Å². The number of aryl methyl sites for hydroxylation is 1. The van der Waals surface area contributed by atoms with Crippen molar-refractivity contribution in [2.75, 3.05) is 25.1 Å². The first-order valence-corrected chi connectivity index (χ1v) is 10.9. The normalized spacial score (nSPS) is 14.9. The number of benzene rings is 1. The number of nitrogens with zero attached hydrogens (tertiary/aromatic N) is 4. The number of halogens is 2. The van der Waals surface area contributed by atoms with E-state index in [0.717, 1.165) is 37.2 Å². The summed E-state index contributed by atoms with van der Waals surface area (Å²) in [5, 5.41) is 6.87. The van der Waals surface area contributed by atoms with E-state index >= 15 is 0 Å². The fourth-order valence-corrected chi connectivity index (χ4v) is 3.78. The third-order valence-corrected chi connectivity index (χ3v) is 5.59. The number of hydrogen-bond donors (Lipinski definition) is 3. The van der Waals surface area contributed by atoms with Gasteiger partial charge in [0, 0.05) is 48.8 Å². The predicted octanol–water partition coefficient (Wildman–Crippen LogP) is 3.07. The molecule has 0 spiro atoms. The van der Waals surface area contributed by atoms with E-state index in [1.54, 1.807) is 35.4 Å². The van der Waals surface area contributed by atoms with Gasteiger partial charge in [0.05, 0.1) is 6.04 Å². The van der Waals surface area contributed by atoms with E-state index in [1.165, 1.54) is 0 Å². The van der Waals surface area contributed by atoms with Gasteiger partial charge in [0.1, 0.15) is 17.8 Å². The predicted molar refractivity (Wildman–Crippen MR) is 129 cm³/mol. The highest BCUT2D eigenvalue weighted by molar-refractivity contribution is 6.30. The second-order valence-electron chi connectivity index (χ2n) is 7.71. The highest BCUT2D eigenvalue weighted by Crippen LogP contribution is 2.19. The fourth-order valence-electron chi connectivity index (χ4n) is 3.58. The maximum atomic E-state index is 12.8. The molecule has 1 fully saturated rings. The average Bonchev–Trinajstić information content (AvgIpc) is 3.29. The Morgan fingerprint density at radius 1 is 1.33 bits per heavy atom. The highest BCUT2D eigenvalue weighted by Gasteiger charge is 2.19. The first-order valence-electron chi connectivity index (χ1n) is 10.5. The Morgan fingerprint density at radius 2 is 2.12 bits per heavy atom. The minimum atomic E-state index is -0.373. The molecular formula is C22H27Cl2N7O2. The number of aromatic nitrogens is 4. The van der Waals surface area contributed by atoms with Gasteiger partial charge in [-0.3, -0.25) is 9.36 Å². The zero-order chi connectivity index (χ0) is 22.5. The zero-order valence-electron chi connectivity index (χ0n) is 18.2. The zero-order valence-corrected chi connectivity index (χ0v) is 19.8. The van der Waals surface area contributed by atoms with Crippen LogP contribution in [0.1, 0.15) is 40.5 Å². The molecule has 33 heavy (non-hydrogen) atoms. The molecule has 1 aliphatic rings. The highest BCUT2D eigenvalue weighted by atomic mass is 35.5. The summed E-state index contributed by atoms with van der Waals surface area (Å²) < 4.78 is 7.12. The number of carbonyl (C=O) groups is 1. The lowest BCUT2D eigenvalue weighted by atomic mass is 10.1. The summed E-state index contributed by atoms with van der Waals surface area (Å²) >= 11 is 6.07. The number of nitrogens with two attached hydrogens (primary N) is 1. The van der Waals surface area contributed by atoms with Gasteiger partial charge in [0.2, 0.25) is 5.95 Å². The number of ether oxygens (including phenoxy) is 1. The molecule has 0 aliphatic carbocycles. The number of amides is 1. The first-order chi connectivity index (χ1) is 15.5. The lowest BCUT2D eigenvalue weighted by Gasteiger charge is -2.23. The maximum Gasteiger partial charge on any atom is 0.272 e. The summed E-state index contributed by atoms with van der Waals surface area (Å²) in [5.41, 5.74) is 7.84. The third kappa shape index (κ3) is 6.20. The van der Waals surface area contributed by atoms with E-state index in [0.29, 0.717) is 16.8 Å². The minimum absolute atomic E-state index is 0. The molecule has 2 aromatic heterocycles. The molecule has 176 valence electrons. The van der Waals surface area contributed by atoms with E-state index in [2.05, 4.69) is 25.6 Å². The number of anilines is 1. The summed E-state index contributed by atoms with van der Waals surface area (Å²) in [7, 11) is 0. The molecule has 11 heteroatoms. The maximum absolute atomic E-state index is 12.8. The van der Waals surface area contributed by atoms with Crippen LogP contribution < -0.4 is 16.4 Å². The van der Waals surface area contributed by atoms with Crippen LogP contribution in [0.15, 0.2) is 43.0 Å². The van der Waals surface area contributed by atoms with Gasteiger partial charge in [0.15, 0.2) is 0 Å². The molecule has 1 amide bonds. The van der Waals surface area contributed by atoms with Gasteiger partial charge in [0.25, 0.3) is 5.91 Å². The molecule has 3 heterocycles. The molecule has 1 atom stereocenters. The van der Waals surface area contributed by atoms with Crippen LogP contribution in [0.3, 0.4) is 0 Å². The molecule has 3 aromatic rings. The number of carbonyl (C=O) groups excluding carboxylic acids is 1. The van der Waals surface area contributed by atoms with Gasteiger partial charge < -0.3 is 21.1 Å². The molecule has 1 aromatic carbocycles. The Balaban J connectivity index is 0.00000306. The van der Waals surface area contributed by atoms with Gasteiger partial charge >= 0.3 is 0 Å². The monoisotopic (exact) mass is 491 g/mol. The Hall–Kier alpha value is -2.72. The molecule has 1 aliphatic heterocycles. The molecule has 4 N–H and O–H groups in total. The largest absolute Gasteiger partial charge is 0.381 e. The molecule has 1 saturated heterocycles. The van der Waals surface area contributed by atoms with Crippen molar-refractivity contribution in [1.29, 1.82) is 0 Å². The van der Waals surface area contributed by atoms with Gasteiger partial charge in [-0.2, -0.15) is 4.98 Å². The van der Waals surface area contributed by atoms with Crippen molar-refractivity contribution in [3.63, 3.8) is 0 Å². The Labute approximate surface area is 203 Å². The van der Waals surface area contributed by atoms with Crippen molar-refractivity contribution >= 4 is 35.9 Å². The van der Waals surface area contributed by atoms with E-state index in [4.69, 9.17) is 22.1 Å². The molecule has 0 bridgehead atoms. The van der Waals surface area contributed by atoms with E-state index in [1.807, 2.05) is 19.1 Å². The average molecular weight is 492 g/mol. The second-order valence-corrected chi connectivity index (χ2v) is 8.15. The molecule has 0 saturated carbocycles. The number of nitrogens with one attached hydrogen (secondary N) is 2. The van der Waals surface area contributed by atoms with Gasteiger partial charge in [-0.15, -0.1) is 12.4 Å². The third-order valence-electron chi connectivity index (χ3n) is 5.35. The van der Waals surface area contributed by atoms with Crippen molar-refractivity contribution < 1.29 is 9.53 Å². The Kier molecular flexibility index (Phi) is 8.62. The molecule has 9 nitrogen and oxygen atoms in total. The Bertz CT molecular complexity index is 1090. The molecule has 1 unspecified atom stereocenters. The van der Waals surface area contributed by atoms with E-state index < -0.39 is 0 Å². The van der Waals surface area contributed by atoms with E-state index in [-0.39, 0.29) is 42.6 Å². The quantitative estimate of drug-likeness (QED) is 0.464. The van der Waals surface area contributed by atoms with Crippen LogP contribution in [0.25, 0.3) is 5.82 Å². The number of hydrogen-bond acceptors (Lipinski definition) is 7. The first kappa shape index (κ1) is 24.9. The second kappa shape index (κ2) is 11.4. The summed E-state index contributed by atoms with van der Waals surface area (Å²) in [5.74, 6) is 0.874. The van der Waals surface area contributed by atoms with Gasteiger partial charge in [-0.25, -0.2) is 9.97 Å². The lowest BCUT2D eigenvalue weighted by Crippen LogP contribution is -2.33. The Morgan fingerprint density at radius 3 is 2.85 bits per heavy atom. The topological polar surface area (TPSA) is 120 Å². The van der Waals surface area contributed by atoms with Crippen molar-refractivity contribution in [3.8, 4) is 5.82 Å². The van der Waals surface area contributed by atoms with Gasteiger partial charge in [-0.1, -0.05) is 23.7 Å². The van der Waals surface area contributed by atoms with Crippen LogP contribution in [0.5, 0.6) is 0 Å². The minimum Gasteiger partial charge on any atom is -0.381 e. The molecule has 4 rings (SSSR count). The van der Waals surface area contributed by atoms with Crippen molar-refractivity contribution in [3.05, 3.63) is 64.8 Å². The number of imidazole rings is 1. The summed E-state index contributed by atoms with van der Waals surface area (Å²) in [4.78, 5) is 26.1. The summed E-state index contributed by atoms with van der Waals surface area (Å²) in [6.45, 7) is 3.61. The van der Waals surface area contributed by atoms with Crippen LogP contribution in [-0.2, 0) is 4.74 Å². The molecule has 0 radical (unpaired) electrons. The van der Waals surface area contributed by atoms with Crippen LogP contribution in [0.2, 0.25) is 5.02 Å². The van der Waals surface area contributed by atoms with Crippen LogP contribution >= 0.6 is 24.0 Å². The standard InChI is InChI=1S/C22H26ClN7O2.ClH/c1-14-11-25-22(27-17-5-7-32-8-6-17)29-20(14)30-12-19(26-13-30)21(31)28-18(10-24)15-3-2-4-16(23)9-15;/h2-4,9,11-13,17-18H,5-8,10,24H2,1H3,(H,28,31)(H,25,27,29);1H. The summed E-state index contributed by atoms with van der Waals surface area (Å²) in [6.07, 6.45) is 6.80. The van der Waals surface area contributed by atoms with Crippen LogP contribution in [-0.4, -0.2) is 51.2 Å². The fraction of sp³-hybridized carbons (Fsp3) is 0.364. The van der Waals surface area contributed by atoms with Crippen molar-refractivity contribution in [1.82, 2.24) is 24.8 Å². The van der Waals surface area contributed by atoms with Crippen LogP contribution in [0.4, 0.5) is 5.95 Å². The number of rotatable bonds is 7. The van der Waals surface area contributed by atoms with Crippen LogP contribution in [0, 0.1) is 6.92 Å². The smallest absolute Gasteiger partial charge is 0.272 e. The van der Waals surface area contributed by atoms with Gasteiger partial charge in [-0.05, 0) is 37.5 Å².